The zero-order valence-corrected chi connectivity index (χ0v) is 15.6. The predicted octanol–water partition coefficient (Wildman–Crippen LogP) is 2.92. The standard InChI is InChI=1S/C17H32N4S/c1-6-11-21(7-2)12-10-19-16(18-5)20-14-17(3,4)15-9-8-13-22-15/h8-9,13H,6-7,10-12,14H2,1-5H3,(H2,18,19,20). The number of hydrogen-bond acceptors (Lipinski definition) is 3. The summed E-state index contributed by atoms with van der Waals surface area (Å²) in [5.74, 6) is 0.886. The zero-order chi connectivity index (χ0) is 16.4. The van der Waals surface area contributed by atoms with E-state index in [9.17, 15) is 0 Å². The Bertz CT molecular complexity index is 426. The maximum atomic E-state index is 4.32. The molecule has 22 heavy (non-hydrogen) atoms. The fourth-order valence-corrected chi connectivity index (χ4v) is 3.20. The maximum Gasteiger partial charge on any atom is 0.191 e. The average Bonchev–Trinajstić information content (AvgIpc) is 3.04. The normalized spacial score (nSPS) is 12.7. The molecule has 1 aromatic rings. The summed E-state index contributed by atoms with van der Waals surface area (Å²) in [7, 11) is 1.83. The summed E-state index contributed by atoms with van der Waals surface area (Å²) in [5.41, 5.74) is 0.115. The van der Waals surface area contributed by atoms with E-state index in [1.165, 1.54) is 11.3 Å². The Morgan fingerprint density at radius 3 is 2.59 bits per heavy atom. The molecule has 0 saturated heterocycles. The summed E-state index contributed by atoms with van der Waals surface area (Å²) in [4.78, 5) is 8.17. The molecule has 0 fully saturated rings. The molecule has 0 atom stereocenters. The first-order valence-electron chi connectivity index (χ1n) is 8.24. The summed E-state index contributed by atoms with van der Waals surface area (Å²) in [6.45, 7) is 14.1. The van der Waals surface area contributed by atoms with Crippen molar-refractivity contribution in [1.29, 1.82) is 0 Å². The van der Waals surface area contributed by atoms with Crippen molar-refractivity contribution < 1.29 is 0 Å². The molecular formula is C17H32N4S. The van der Waals surface area contributed by atoms with Crippen molar-refractivity contribution in [3.8, 4) is 0 Å². The quantitative estimate of drug-likeness (QED) is 0.542. The third kappa shape index (κ3) is 6.36. The molecule has 0 aliphatic rings. The molecule has 0 bridgehead atoms. The van der Waals surface area contributed by atoms with Gasteiger partial charge < -0.3 is 15.5 Å². The minimum Gasteiger partial charge on any atom is -0.356 e. The molecule has 0 aromatic carbocycles. The summed E-state index contributed by atoms with van der Waals surface area (Å²) in [6, 6.07) is 4.31. The summed E-state index contributed by atoms with van der Waals surface area (Å²) >= 11 is 1.81. The highest BCUT2D eigenvalue weighted by atomic mass is 32.1. The Morgan fingerprint density at radius 2 is 2.05 bits per heavy atom. The highest BCUT2D eigenvalue weighted by Crippen LogP contribution is 2.26. The van der Waals surface area contributed by atoms with Crippen molar-refractivity contribution in [2.75, 3.05) is 39.8 Å². The predicted molar refractivity (Wildman–Crippen MR) is 99.1 cm³/mol. The molecule has 0 saturated carbocycles. The van der Waals surface area contributed by atoms with Crippen molar-refractivity contribution in [3.63, 3.8) is 0 Å². The van der Waals surface area contributed by atoms with Crippen molar-refractivity contribution >= 4 is 17.3 Å². The molecule has 0 aliphatic carbocycles. The number of nitrogens with one attached hydrogen (secondary N) is 2. The molecule has 1 heterocycles. The Balaban J connectivity index is 2.37. The third-order valence-electron chi connectivity index (χ3n) is 3.82. The first kappa shape index (κ1) is 19.0. The van der Waals surface area contributed by atoms with Crippen LogP contribution in [0.4, 0.5) is 0 Å². The van der Waals surface area contributed by atoms with Gasteiger partial charge in [-0.15, -0.1) is 11.3 Å². The second kappa shape index (κ2) is 9.85. The third-order valence-corrected chi connectivity index (χ3v) is 5.05. The minimum atomic E-state index is 0.115. The topological polar surface area (TPSA) is 39.7 Å². The van der Waals surface area contributed by atoms with Gasteiger partial charge in [-0.2, -0.15) is 0 Å². The van der Waals surface area contributed by atoms with Crippen LogP contribution < -0.4 is 10.6 Å². The number of thiophene rings is 1. The van der Waals surface area contributed by atoms with Crippen molar-refractivity contribution in [1.82, 2.24) is 15.5 Å². The number of likely N-dealkylation sites (N-methyl/N-ethyl adjacent to an activating group) is 1. The molecular weight excluding hydrogens is 292 g/mol. The van der Waals surface area contributed by atoms with Gasteiger partial charge in [-0.3, -0.25) is 4.99 Å². The van der Waals surface area contributed by atoms with Crippen LogP contribution in [0.3, 0.4) is 0 Å². The van der Waals surface area contributed by atoms with E-state index in [1.807, 2.05) is 18.4 Å². The van der Waals surface area contributed by atoms with Crippen LogP contribution in [0.5, 0.6) is 0 Å². The van der Waals surface area contributed by atoms with Crippen LogP contribution in [0.15, 0.2) is 22.5 Å². The molecule has 0 unspecified atom stereocenters. The average molecular weight is 325 g/mol. The smallest absolute Gasteiger partial charge is 0.191 e. The zero-order valence-electron chi connectivity index (χ0n) is 14.8. The lowest BCUT2D eigenvalue weighted by Gasteiger charge is -2.25. The first-order valence-corrected chi connectivity index (χ1v) is 9.12. The van der Waals surface area contributed by atoms with Gasteiger partial charge in [-0.05, 0) is 31.0 Å². The van der Waals surface area contributed by atoms with Gasteiger partial charge in [0, 0.05) is 37.0 Å². The number of aliphatic imine (C=N–C) groups is 1. The molecule has 0 radical (unpaired) electrons. The van der Waals surface area contributed by atoms with Crippen LogP contribution in [-0.2, 0) is 5.41 Å². The number of nitrogens with zero attached hydrogens (tertiary/aromatic N) is 2. The molecule has 0 aliphatic heterocycles. The van der Waals surface area contributed by atoms with Gasteiger partial charge in [-0.1, -0.05) is 33.8 Å². The molecule has 2 N–H and O–H groups in total. The fraction of sp³-hybridized carbons (Fsp3) is 0.706. The summed E-state index contributed by atoms with van der Waals surface area (Å²) in [6.07, 6.45) is 1.20. The molecule has 1 rings (SSSR count). The lowest BCUT2D eigenvalue weighted by molar-refractivity contribution is 0.293. The monoisotopic (exact) mass is 324 g/mol. The highest BCUT2D eigenvalue weighted by Gasteiger charge is 2.21. The van der Waals surface area contributed by atoms with E-state index < -0.39 is 0 Å². The summed E-state index contributed by atoms with van der Waals surface area (Å²) < 4.78 is 0. The molecule has 126 valence electrons. The Labute approximate surface area is 140 Å². The Hall–Kier alpha value is -1.07. The lowest BCUT2D eigenvalue weighted by atomic mass is 9.91. The number of rotatable bonds is 9. The van der Waals surface area contributed by atoms with Gasteiger partial charge in [0.15, 0.2) is 5.96 Å². The van der Waals surface area contributed by atoms with Gasteiger partial charge >= 0.3 is 0 Å². The van der Waals surface area contributed by atoms with E-state index in [4.69, 9.17) is 0 Å². The van der Waals surface area contributed by atoms with Crippen LogP contribution in [0, 0.1) is 0 Å². The maximum absolute atomic E-state index is 4.32. The van der Waals surface area contributed by atoms with Gasteiger partial charge in [0.05, 0.1) is 0 Å². The Morgan fingerprint density at radius 1 is 1.27 bits per heavy atom. The first-order chi connectivity index (χ1) is 10.5. The summed E-state index contributed by atoms with van der Waals surface area (Å²) in [5, 5.41) is 9.00. The van der Waals surface area contributed by atoms with E-state index in [0.29, 0.717) is 0 Å². The largest absolute Gasteiger partial charge is 0.356 e. The molecule has 0 amide bonds. The highest BCUT2D eigenvalue weighted by molar-refractivity contribution is 7.10. The number of hydrogen-bond donors (Lipinski definition) is 2. The van der Waals surface area contributed by atoms with Gasteiger partial charge in [0.2, 0.25) is 0 Å². The van der Waals surface area contributed by atoms with E-state index in [1.54, 1.807) is 0 Å². The van der Waals surface area contributed by atoms with Gasteiger partial charge in [-0.25, -0.2) is 0 Å². The minimum absolute atomic E-state index is 0.115. The van der Waals surface area contributed by atoms with Crippen LogP contribution in [0.25, 0.3) is 0 Å². The van der Waals surface area contributed by atoms with Gasteiger partial charge in [0.1, 0.15) is 0 Å². The second-order valence-electron chi connectivity index (χ2n) is 6.15. The molecule has 4 nitrogen and oxygen atoms in total. The van der Waals surface area contributed by atoms with E-state index in [0.717, 1.165) is 38.7 Å². The van der Waals surface area contributed by atoms with Crippen molar-refractivity contribution in [3.05, 3.63) is 22.4 Å². The van der Waals surface area contributed by atoms with E-state index >= 15 is 0 Å². The SMILES string of the molecule is CCCN(CC)CCNC(=NC)NCC(C)(C)c1cccs1. The van der Waals surface area contributed by atoms with E-state index in [2.05, 4.69) is 65.7 Å². The Kier molecular flexibility index (Phi) is 8.49. The molecule has 1 aromatic heterocycles. The van der Waals surface area contributed by atoms with Crippen LogP contribution in [-0.4, -0.2) is 50.6 Å². The fourth-order valence-electron chi connectivity index (χ4n) is 2.35. The van der Waals surface area contributed by atoms with Gasteiger partial charge in [0.25, 0.3) is 0 Å². The number of guanidine groups is 1. The second-order valence-corrected chi connectivity index (χ2v) is 7.10. The lowest BCUT2D eigenvalue weighted by Crippen LogP contribution is -2.45. The molecule has 0 spiro atoms. The van der Waals surface area contributed by atoms with E-state index in [-0.39, 0.29) is 5.41 Å². The van der Waals surface area contributed by atoms with Crippen LogP contribution >= 0.6 is 11.3 Å². The van der Waals surface area contributed by atoms with Crippen molar-refractivity contribution in [2.24, 2.45) is 4.99 Å². The molecule has 5 heteroatoms. The van der Waals surface area contributed by atoms with Crippen molar-refractivity contribution in [2.45, 2.75) is 39.5 Å². The van der Waals surface area contributed by atoms with Crippen LogP contribution in [0.1, 0.15) is 39.0 Å². The van der Waals surface area contributed by atoms with Crippen LogP contribution in [0.2, 0.25) is 0 Å².